The molecule has 0 saturated carbocycles. The Morgan fingerprint density at radius 2 is 1.81 bits per heavy atom. The molecule has 1 aromatic carbocycles. The number of hydrogen-bond acceptors (Lipinski definition) is 2. The summed E-state index contributed by atoms with van der Waals surface area (Å²) in [5.74, 6) is 0.888. The Labute approximate surface area is 98.8 Å². The minimum Gasteiger partial charge on any atom is -0.497 e. The van der Waals surface area contributed by atoms with E-state index in [9.17, 15) is 0 Å². The predicted octanol–water partition coefficient (Wildman–Crippen LogP) is 3.45. The van der Waals surface area contributed by atoms with Crippen LogP contribution in [0.5, 0.6) is 5.75 Å². The van der Waals surface area contributed by atoms with Crippen LogP contribution in [0.2, 0.25) is 0 Å². The van der Waals surface area contributed by atoms with Gasteiger partial charge in [0.15, 0.2) is 0 Å². The molecule has 0 spiro atoms. The Hall–Kier alpha value is -1.02. The molecule has 0 aliphatic rings. The molecule has 0 heterocycles. The zero-order valence-electron chi connectivity index (χ0n) is 10.6. The Morgan fingerprint density at radius 1 is 1.19 bits per heavy atom. The van der Waals surface area contributed by atoms with Gasteiger partial charge in [-0.1, -0.05) is 38.8 Å². The summed E-state index contributed by atoms with van der Waals surface area (Å²) in [5, 5.41) is 0. The lowest BCUT2D eigenvalue weighted by Gasteiger charge is -2.29. The summed E-state index contributed by atoms with van der Waals surface area (Å²) >= 11 is 0. The molecule has 1 aromatic rings. The van der Waals surface area contributed by atoms with Crippen LogP contribution in [0.1, 0.15) is 45.1 Å². The molecule has 2 heteroatoms. The number of methoxy groups -OCH3 is 1. The van der Waals surface area contributed by atoms with Crippen LogP contribution in [0.25, 0.3) is 0 Å². The van der Waals surface area contributed by atoms with Gasteiger partial charge >= 0.3 is 0 Å². The first-order valence-electron chi connectivity index (χ1n) is 6.09. The van der Waals surface area contributed by atoms with Gasteiger partial charge in [-0.2, -0.15) is 0 Å². The van der Waals surface area contributed by atoms with Gasteiger partial charge in [-0.05, 0) is 30.5 Å². The molecule has 0 fully saturated rings. The van der Waals surface area contributed by atoms with Crippen LogP contribution in [-0.4, -0.2) is 7.11 Å². The number of rotatable bonds is 6. The van der Waals surface area contributed by atoms with E-state index >= 15 is 0 Å². The number of hydrogen-bond donors (Lipinski definition) is 1. The average Bonchev–Trinajstić information content (AvgIpc) is 2.30. The molecule has 0 aromatic heterocycles. The molecule has 2 N–H and O–H groups in total. The van der Waals surface area contributed by atoms with Crippen LogP contribution in [0.3, 0.4) is 0 Å². The Kier molecular flexibility index (Phi) is 4.81. The van der Waals surface area contributed by atoms with Crippen LogP contribution >= 0.6 is 0 Å². The number of nitrogens with two attached hydrogens (primary N) is 1. The van der Waals surface area contributed by atoms with Crippen LogP contribution in [-0.2, 0) is 5.54 Å². The van der Waals surface area contributed by atoms with Crippen molar-refractivity contribution in [3.63, 3.8) is 0 Å². The highest BCUT2D eigenvalue weighted by Gasteiger charge is 2.25. The zero-order valence-corrected chi connectivity index (χ0v) is 10.6. The average molecular weight is 221 g/mol. The molecular weight excluding hydrogens is 198 g/mol. The lowest BCUT2D eigenvalue weighted by atomic mass is 9.83. The predicted molar refractivity (Wildman–Crippen MR) is 68.7 cm³/mol. The van der Waals surface area contributed by atoms with E-state index in [2.05, 4.69) is 26.0 Å². The minimum absolute atomic E-state index is 0.196. The van der Waals surface area contributed by atoms with Crippen molar-refractivity contribution in [2.45, 2.75) is 45.1 Å². The van der Waals surface area contributed by atoms with Gasteiger partial charge in [-0.3, -0.25) is 0 Å². The topological polar surface area (TPSA) is 35.2 Å². The van der Waals surface area contributed by atoms with Gasteiger partial charge in [-0.25, -0.2) is 0 Å². The molecule has 0 unspecified atom stereocenters. The number of benzene rings is 1. The Balaban J connectivity index is 2.99. The third-order valence-corrected chi connectivity index (χ3v) is 3.04. The summed E-state index contributed by atoms with van der Waals surface area (Å²) in [7, 11) is 1.69. The molecule has 0 atom stereocenters. The van der Waals surface area contributed by atoms with Crippen LogP contribution < -0.4 is 10.5 Å². The lowest BCUT2D eigenvalue weighted by molar-refractivity contribution is 0.364. The largest absolute Gasteiger partial charge is 0.497 e. The van der Waals surface area contributed by atoms with Crippen molar-refractivity contribution in [1.29, 1.82) is 0 Å². The van der Waals surface area contributed by atoms with Crippen LogP contribution in [0, 0.1) is 0 Å². The zero-order chi connectivity index (χ0) is 12.0. The molecule has 2 nitrogen and oxygen atoms in total. The van der Waals surface area contributed by atoms with E-state index in [1.54, 1.807) is 7.11 Å². The van der Waals surface area contributed by atoms with Crippen molar-refractivity contribution in [2.24, 2.45) is 5.73 Å². The first-order chi connectivity index (χ1) is 7.66. The van der Waals surface area contributed by atoms with E-state index in [-0.39, 0.29) is 5.54 Å². The van der Waals surface area contributed by atoms with Crippen molar-refractivity contribution in [3.05, 3.63) is 29.8 Å². The third-order valence-electron chi connectivity index (χ3n) is 3.04. The molecule has 0 aliphatic heterocycles. The third kappa shape index (κ3) is 2.99. The second-order valence-corrected chi connectivity index (χ2v) is 4.39. The summed E-state index contributed by atoms with van der Waals surface area (Å²) in [6, 6.07) is 8.14. The van der Waals surface area contributed by atoms with Crippen molar-refractivity contribution in [1.82, 2.24) is 0 Å². The van der Waals surface area contributed by atoms with E-state index < -0.39 is 0 Å². The Bertz CT molecular complexity index is 316. The molecular formula is C14H23NO. The van der Waals surface area contributed by atoms with Gasteiger partial charge in [0.05, 0.1) is 7.11 Å². The maximum Gasteiger partial charge on any atom is 0.119 e. The molecule has 0 radical (unpaired) electrons. The molecule has 1 rings (SSSR count). The van der Waals surface area contributed by atoms with Crippen LogP contribution in [0.15, 0.2) is 24.3 Å². The fraction of sp³-hybridized carbons (Fsp3) is 0.571. The summed E-state index contributed by atoms with van der Waals surface area (Å²) in [5.41, 5.74) is 7.50. The summed E-state index contributed by atoms with van der Waals surface area (Å²) in [6.07, 6.45) is 4.25. The van der Waals surface area contributed by atoms with Gasteiger partial charge in [0.2, 0.25) is 0 Å². The SMILES string of the molecule is CCCC(N)(CCC)c1cccc(OC)c1. The highest BCUT2D eigenvalue weighted by Crippen LogP contribution is 2.30. The molecule has 0 saturated heterocycles. The van der Waals surface area contributed by atoms with Crippen molar-refractivity contribution in [2.75, 3.05) is 7.11 Å². The minimum atomic E-state index is -0.196. The first-order valence-corrected chi connectivity index (χ1v) is 6.09. The fourth-order valence-electron chi connectivity index (χ4n) is 2.24. The maximum atomic E-state index is 6.51. The molecule has 0 aliphatic carbocycles. The normalized spacial score (nSPS) is 11.5. The van der Waals surface area contributed by atoms with Crippen molar-refractivity contribution in [3.8, 4) is 5.75 Å². The quantitative estimate of drug-likeness (QED) is 0.798. The van der Waals surface area contributed by atoms with Gasteiger partial charge in [-0.15, -0.1) is 0 Å². The summed E-state index contributed by atoms with van der Waals surface area (Å²) in [6.45, 7) is 4.36. The van der Waals surface area contributed by atoms with Crippen molar-refractivity contribution < 1.29 is 4.74 Å². The first kappa shape index (κ1) is 13.0. The van der Waals surface area contributed by atoms with E-state index in [0.717, 1.165) is 31.4 Å². The van der Waals surface area contributed by atoms with Gasteiger partial charge in [0, 0.05) is 5.54 Å². The van der Waals surface area contributed by atoms with Gasteiger partial charge in [0.25, 0.3) is 0 Å². The monoisotopic (exact) mass is 221 g/mol. The molecule has 0 amide bonds. The Morgan fingerprint density at radius 3 is 2.31 bits per heavy atom. The molecule has 16 heavy (non-hydrogen) atoms. The van der Waals surface area contributed by atoms with E-state index in [0.29, 0.717) is 0 Å². The lowest BCUT2D eigenvalue weighted by Crippen LogP contribution is -2.36. The summed E-state index contributed by atoms with van der Waals surface area (Å²) in [4.78, 5) is 0. The second-order valence-electron chi connectivity index (χ2n) is 4.39. The molecule has 0 bridgehead atoms. The highest BCUT2D eigenvalue weighted by molar-refractivity contribution is 5.33. The second kappa shape index (κ2) is 5.90. The van der Waals surface area contributed by atoms with Crippen LogP contribution in [0.4, 0.5) is 0 Å². The van der Waals surface area contributed by atoms with Crippen molar-refractivity contribution >= 4 is 0 Å². The van der Waals surface area contributed by atoms with E-state index in [1.807, 2.05) is 12.1 Å². The molecule has 90 valence electrons. The highest BCUT2D eigenvalue weighted by atomic mass is 16.5. The summed E-state index contributed by atoms with van der Waals surface area (Å²) < 4.78 is 5.25. The van der Waals surface area contributed by atoms with E-state index in [1.165, 1.54) is 5.56 Å². The number of ether oxygens (including phenoxy) is 1. The standard InChI is InChI=1S/C14H23NO/c1-4-9-14(15,10-5-2)12-7-6-8-13(11-12)16-3/h6-8,11H,4-5,9-10,15H2,1-3H3. The van der Waals surface area contributed by atoms with Gasteiger partial charge in [0.1, 0.15) is 5.75 Å². The fourth-order valence-corrected chi connectivity index (χ4v) is 2.24. The smallest absolute Gasteiger partial charge is 0.119 e. The van der Waals surface area contributed by atoms with E-state index in [4.69, 9.17) is 10.5 Å². The maximum absolute atomic E-state index is 6.51. The van der Waals surface area contributed by atoms with Gasteiger partial charge < -0.3 is 10.5 Å².